The molecule has 0 radical (unpaired) electrons. The Morgan fingerprint density at radius 3 is 2.74 bits per heavy atom. The van der Waals surface area contributed by atoms with E-state index in [1.807, 2.05) is 32.2 Å². The van der Waals surface area contributed by atoms with Gasteiger partial charge in [0.05, 0.1) is 22.6 Å². The molecule has 19 heavy (non-hydrogen) atoms. The van der Waals surface area contributed by atoms with Crippen LogP contribution in [0.5, 0.6) is 0 Å². The van der Waals surface area contributed by atoms with Gasteiger partial charge in [0.1, 0.15) is 0 Å². The van der Waals surface area contributed by atoms with E-state index in [0.29, 0.717) is 16.9 Å². The molecular formula is C14H18N4O. The van der Waals surface area contributed by atoms with E-state index in [9.17, 15) is 4.79 Å². The molecule has 0 aliphatic rings. The SMILES string of the molecule is CCc1nn(C)cc1C(=O)N(C)c1ccccc1N. The van der Waals surface area contributed by atoms with Crippen LogP contribution >= 0.6 is 0 Å². The number of hydrogen-bond acceptors (Lipinski definition) is 3. The summed E-state index contributed by atoms with van der Waals surface area (Å²) in [6, 6.07) is 7.32. The highest BCUT2D eigenvalue weighted by atomic mass is 16.2. The lowest BCUT2D eigenvalue weighted by Crippen LogP contribution is -2.27. The van der Waals surface area contributed by atoms with Crippen molar-refractivity contribution in [3.63, 3.8) is 0 Å². The maximum Gasteiger partial charge on any atom is 0.261 e. The Morgan fingerprint density at radius 2 is 2.11 bits per heavy atom. The molecule has 0 unspecified atom stereocenters. The van der Waals surface area contributed by atoms with Crippen molar-refractivity contribution in [1.29, 1.82) is 0 Å². The van der Waals surface area contributed by atoms with E-state index in [0.717, 1.165) is 12.1 Å². The molecule has 100 valence electrons. The molecular weight excluding hydrogens is 240 g/mol. The molecule has 0 atom stereocenters. The fraction of sp³-hybridized carbons (Fsp3) is 0.286. The molecule has 0 aliphatic carbocycles. The number of nitrogen functional groups attached to an aromatic ring is 1. The van der Waals surface area contributed by atoms with Gasteiger partial charge in [0.15, 0.2) is 0 Å². The Balaban J connectivity index is 2.36. The molecule has 0 fully saturated rings. The number of para-hydroxylation sites is 2. The fourth-order valence-electron chi connectivity index (χ4n) is 2.06. The van der Waals surface area contributed by atoms with Gasteiger partial charge in [-0.2, -0.15) is 5.10 Å². The van der Waals surface area contributed by atoms with E-state index in [2.05, 4.69) is 5.10 Å². The summed E-state index contributed by atoms with van der Waals surface area (Å²) in [4.78, 5) is 14.1. The number of amides is 1. The quantitative estimate of drug-likeness (QED) is 0.854. The number of rotatable bonds is 3. The number of benzene rings is 1. The van der Waals surface area contributed by atoms with Crippen LogP contribution in [0, 0.1) is 0 Å². The van der Waals surface area contributed by atoms with E-state index >= 15 is 0 Å². The predicted octanol–water partition coefficient (Wildman–Crippen LogP) is 1.84. The molecule has 0 saturated carbocycles. The molecule has 1 amide bonds. The Kier molecular flexibility index (Phi) is 3.55. The van der Waals surface area contributed by atoms with Crippen LogP contribution in [0.25, 0.3) is 0 Å². The van der Waals surface area contributed by atoms with Crippen molar-refractivity contribution in [2.75, 3.05) is 17.7 Å². The van der Waals surface area contributed by atoms with Gasteiger partial charge in [-0.25, -0.2) is 0 Å². The Bertz CT molecular complexity index is 603. The topological polar surface area (TPSA) is 64.2 Å². The average Bonchev–Trinajstić information content (AvgIpc) is 2.79. The zero-order valence-electron chi connectivity index (χ0n) is 11.4. The van der Waals surface area contributed by atoms with Crippen LogP contribution < -0.4 is 10.6 Å². The van der Waals surface area contributed by atoms with Crippen molar-refractivity contribution in [3.8, 4) is 0 Å². The summed E-state index contributed by atoms with van der Waals surface area (Å²) in [5.41, 5.74) is 8.61. The standard InChI is InChI=1S/C14H18N4O/c1-4-12-10(9-17(2)16-12)14(19)18(3)13-8-6-5-7-11(13)15/h5-9H,4,15H2,1-3H3. The summed E-state index contributed by atoms with van der Waals surface area (Å²) >= 11 is 0. The minimum absolute atomic E-state index is 0.0946. The second kappa shape index (κ2) is 5.14. The number of carbonyl (C=O) groups excluding carboxylic acids is 1. The molecule has 2 aromatic rings. The zero-order valence-corrected chi connectivity index (χ0v) is 11.4. The molecule has 0 bridgehead atoms. The second-order valence-corrected chi connectivity index (χ2v) is 4.44. The summed E-state index contributed by atoms with van der Waals surface area (Å²) in [6.07, 6.45) is 2.47. The summed E-state index contributed by atoms with van der Waals surface area (Å²) in [5.74, 6) is -0.0946. The van der Waals surface area contributed by atoms with Crippen molar-refractivity contribution >= 4 is 17.3 Å². The highest BCUT2D eigenvalue weighted by Gasteiger charge is 2.20. The molecule has 2 N–H and O–H groups in total. The Morgan fingerprint density at radius 1 is 1.42 bits per heavy atom. The lowest BCUT2D eigenvalue weighted by molar-refractivity contribution is 0.0992. The summed E-state index contributed by atoms with van der Waals surface area (Å²) in [6.45, 7) is 1.98. The maximum atomic E-state index is 12.5. The molecule has 1 aromatic heterocycles. The summed E-state index contributed by atoms with van der Waals surface area (Å²) in [7, 11) is 3.54. The molecule has 2 rings (SSSR count). The van der Waals surface area contributed by atoms with Crippen LogP contribution in [0.4, 0.5) is 11.4 Å². The van der Waals surface area contributed by atoms with Crippen molar-refractivity contribution in [3.05, 3.63) is 41.7 Å². The van der Waals surface area contributed by atoms with E-state index in [-0.39, 0.29) is 5.91 Å². The minimum Gasteiger partial charge on any atom is -0.397 e. The van der Waals surface area contributed by atoms with Gasteiger partial charge in [0.2, 0.25) is 0 Å². The largest absolute Gasteiger partial charge is 0.397 e. The molecule has 1 aromatic carbocycles. The van der Waals surface area contributed by atoms with Crippen LogP contribution in [-0.4, -0.2) is 22.7 Å². The van der Waals surface area contributed by atoms with E-state index in [1.165, 1.54) is 0 Å². The van der Waals surface area contributed by atoms with Crippen molar-refractivity contribution in [2.24, 2.45) is 7.05 Å². The number of nitrogens with zero attached hydrogens (tertiary/aromatic N) is 3. The van der Waals surface area contributed by atoms with Gasteiger partial charge in [-0.3, -0.25) is 9.48 Å². The van der Waals surface area contributed by atoms with Crippen molar-refractivity contribution in [2.45, 2.75) is 13.3 Å². The molecule has 1 heterocycles. The van der Waals surface area contributed by atoms with Crippen LogP contribution in [0.1, 0.15) is 23.0 Å². The zero-order chi connectivity index (χ0) is 14.0. The average molecular weight is 258 g/mol. The van der Waals surface area contributed by atoms with E-state index in [4.69, 9.17) is 5.73 Å². The maximum absolute atomic E-state index is 12.5. The minimum atomic E-state index is -0.0946. The predicted molar refractivity (Wildman–Crippen MR) is 76.2 cm³/mol. The molecule has 5 heteroatoms. The highest BCUT2D eigenvalue weighted by molar-refractivity contribution is 6.07. The number of aryl methyl sites for hydroxylation is 2. The monoisotopic (exact) mass is 258 g/mol. The number of aromatic nitrogens is 2. The van der Waals surface area contributed by atoms with Crippen LogP contribution in [0.15, 0.2) is 30.5 Å². The smallest absolute Gasteiger partial charge is 0.261 e. The first-order chi connectivity index (χ1) is 9.04. The molecule has 0 saturated heterocycles. The first-order valence-corrected chi connectivity index (χ1v) is 6.19. The second-order valence-electron chi connectivity index (χ2n) is 4.44. The van der Waals surface area contributed by atoms with Gasteiger partial charge < -0.3 is 10.6 Å². The first-order valence-electron chi connectivity index (χ1n) is 6.19. The van der Waals surface area contributed by atoms with Crippen LogP contribution in [0.2, 0.25) is 0 Å². The summed E-state index contributed by atoms with van der Waals surface area (Å²) < 4.78 is 1.66. The Labute approximate surface area is 112 Å². The summed E-state index contributed by atoms with van der Waals surface area (Å²) in [5, 5.41) is 4.29. The highest BCUT2D eigenvalue weighted by Crippen LogP contribution is 2.23. The third kappa shape index (κ3) is 2.45. The first kappa shape index (κ1) is 13.1. The normalized spacial score (nSPS) is 10.5. The number of hydrogen-bond donors (Lipinski definition) is 1. The molecule has 0 spiro atoms. The fourth-order valence-corrected chi connectivity index (χ4v) is 2.06. The van der Waals surface area contributed by atoms with Crippen molar-refractivity contribution in [1.82, 2.24) is 9.78 Å². The van der Waals surface area contributed by atoms with Gasteiger partial charge in [0, 0.05) is 20.3 Å². The Hall–Kier alpha value is -2.30. The molecule has 5 nitrogen and oxygen atoms in total. The van der Waals surface area contributed by atoms with Gasteiger partial charge in [-0.1, -0.05) is 19.1 Å². The van der Waals surface area contributed by atoms with Gasteiger partial charge >= 0.3 is 0 Å². The van der Waals surface area contributed by atoms with Gasteiger partial charge in [-0.05, 0) is 18.6 Å². The number of carbonyl (C=O) groups is 1. The van der Waals surface area contributed by atoms with E-state index in [1.54, 1.807) is 28.9 Å². The van der Waals surface area contributed by atoms with Gasteiger partial charge in [0.25, 0.3) is 5.91 Å². The van der Waals surface area contributed by atoms with Crippen LogP contribution in [0.3, 0.4) is 0 Å². The lowest BCUT2D eigenvalue weighted by atomic mass is 10.1. The lowest BCUT2D eigenvalue weighted by Gasteiger charge is -2.18. The molecule has 0 aliphatic heterocycles. The third-order valence-electron chi connectivity index (χ3n) is 3.07. The van der Waals surface area contributed by atoms with Gasteiger partial charge in [-0.15, -0.1) is 0 Å². The number of anilines is 2. The van der Waals surface area contributed by atoms with E-state index < -0.39 is 0 Å². The number of nitrogens with two attached hydrogens (primary N) is 1. The van der Waals surface area contributed by atoms with Crippen molar-refractivity contribution < 1.29 is 4.79 Å². The van der Waals surface area contributed by atoms with Crippen LogP contribution in [-0.2, 0) is 13.5 Å². The third-order valence-corrected chi connectivity index (χ3v) is 3.07.